The zero-order chi connectivity index (χ0) is 17.5. The average Bonchev–Trinajstić information content (AvgIpc) is 3.06. The van der Waals surface area contributed by atoms with Crippen LogP contribution in [-0.2, 0) is 19.1 Å². The molecule has 1 N–H and O–H groups in total. The number of furan rings is 1. The summed E-state index contributed by atoms with van der Waals surface area (Å²) < 4.78 is 45.0. The van der Waals surface area contributed by atoms with Crippen LogP contribution in [0.25, 0.3) is 0 Å². The number of hydrogen-bond donors (Lipinski definition) is 1. The highest BCUT2D eigenvalue weighted by Crippen LogP contribution is 2.30. The number of amides is 1. The minimum atomic E-state index is -4.43. The molecule has 0 fully saturated rings. The van der Waals surface area contributed by atoms with Gasteiger partial charge in [0.2, 0.25) is 0 Å². The van der Waals surface area contributed by atoms with Gasteiger partial charge < -0.3 is 14.3 Å². The van der Waals surface area contributed by atoms with Crippen molar-refractivity contribution in [2.75, 3.05) is 6.54 Å². The number of hydrogen-bond acceptors (Lipinski definition) is 3. The zero-order valence-corrected chi connectivity index (χ0v) is 13.4. The summed E-state index contributed by atoms with van der Waals surface area (Å²) >= 11 is 0. The number of imidazole rings is 1. The highest BCUT2D eigenvalue weighted by atomic mass is 19.4. The van der Waals surface area contributed by atoms with E-state index in [0.717, 1.165) is 11.8 Å². The Morgan fingerprint density at radius 1 is 1.46 bits per heavy atom. The molecule has 0 radical (unpaired) electrons. The normalized spacial score (nSPS) is 17.6. The molecular formula is C16H18F3N3O2. The lowest BCUT2D eigenvalue weighted by Crippen LogP contribution is -2.33. The van der Waals surface area contributed by atoms with Gasteiger partial charge >= 0.3 is 6.18 Å². The SMILES string of the molecule is Cc1cc(C)c(C(=O)NC[C@@H]2CCc3nc(C(F)(F)F)cn3C2)o1. The lowest BCUT2D eigenvalue weighted by molar-refractivity contribution is -0.141. The molecule has 5 nitrogen and oxygen atoms in total. The molecule has 1 aliphatic heterocycles. The lowest BCUT2D eigenvalue weighted by Gasteiger charge is -2.23. The maximum absolute atomic E-state index is 12.7. The Bertz CT molecular complexity index is 761. The topological polar surface area (TPSA) is 60.1 Å². The summed E-state index contributed by atoms with van der Waals surface area (Å²) in [6, 6.07) is 1.78. The fraction of sp³-hybridized carbons (Fsp3) is 0.500. The molecule has 0 saturated carbocycles. The number of aromatic nitrogens is 2. The maximum atomic E-state index is 12.7. The van der Waals surface area contributed by atoms with Crippen LogP contribution in [0.15, 0.2) is 16.7 Å². The summed E-state index contributed by atoms with van der Waals surface area (Å²) in [5.41, 5.74) is -0.0933. The van der Waals surface area contributed by atoms with E-state index in [2.05, 4.69) is 10.3 Å². The number of alkyl halides is 3. The van der Waals surface area contributed by atoms with Gasteiger partial charge in [0, 0.05) is 31.3 Å². The number of nitrogens with zero attached hydrogens (tertiary/aromatic N) is 2. The van der Waals surface area contributed by atoms with Gasteiger partial charge in [0.1, 0.15) is 11.6 Å². The van der Waals surface area contributed by atoms with Crippen LogP contribution in [0.4, 0.5) is 13.2 Å². The highest BCUT2D eigenvalue weighted by molar-refractivity contribution is 5.92. The third kappa shape index (κ3) is 3.32. The molecule has 3 rings (SSSR count). The van der Waals surface area contributed by atoms with Crippen molar-refractivity contribution >= 4 is 5.91 Å². The Hall–Kier alpha value is -2.25. The molecule has 0 aliphatic carbocycles. The Morgan fingerprint density at radius 3 is 2.83 bits per heavy atom. The molecule has 3 heterocycles. The van der Waals surface area contributed by atoms with Gasteiger partial charge in [-0.25, -0.2) is 4.98 Å². The van der Waals surface area contributed by atoms with Crippen LogP contribution in [0.2, 0.25) is 0 Å². The molecule has 8 heteroatoms. The lowest BCUT2D eigenvalue weighted by atomic mass is 9.99. The predicted octanol–water partition coefficient (Wildman–Crippen LogP) is 3.10. The molecule has 0 saturated heterocycles. The Labute approximate surface area is 136 Å². The van der Waals surface area contributed by atoms with E-state index >= 15 is 0 Å². The first-order chi connectivity index (χ1) is 11.2. The number of halogens is 3. The van der Waals surface area contributed by atoms with Crippen molar-refractivity contribution in [3.8, 4) is 0 Å². The van der Waals surface area contributed by atoms with Gasteiger partial charge in [-0.05, 0) is 32.3 Å². The van der Waals surface area contributed by atoms with E-state index in [1.54, 1.807) is 19.9 Å². The number of fused-ring (bicyclic) bond motifs is 1. The summed E-state index contributed by atoms with van der Waals surface area (Å²) in [5.74, 6) is 1.16. The summed E-state index contributed by atoms with van der Waals surface area (Å²) in [6.45, 7) is 4.36. The minimum Gasteiger partial charge on any atom is -0.456 e. The smallest absolute Gasteiger partial charge is 0.434 e. The van der Waals surface area contributed by atoms with Crippen LogP contribution in [0.1, 0.15) is 39.8 Å². The van der Waals surface area contributed by atoms with Crippen LogP contribution in [0.3, 0.4) is 0 Å². The Morgan fingerprint density at radius 2 is 2.21 bits per heavy atom. The van der Waals surface area contributed by atoms with Crippen LogP contribution in [0.5, 0.6) is 0 Å². The Balaban J connectivity index is 1.61. The number of aryl methyl sites for hydroxylation is 3. The second-order valence-electron chi connectivity index (χ2n) is 6.18. The first-order valence-corrected chi connectivity index (χ1v) is 7.72. The molecule has 0 spiro atoms. The predicted molar refractivity (Wildman–Crippen MR) is 79.6 cm³/mol. The van der Waals surface area contributed by atoms with Crippen molar-refractivity contribution in [2.24, 2.45) is 5.92 Å². The van der Waals surface area contributed by atoms with Crippen LogP contribution in [0, 0.1) is 19.8 Å². The van der Waals surface area contributed by atoms with Gasteiger partial charge in [-0.1, -0.05) is 0 Å². The van der Waals surface area contributed by atoms with Crippen molar-refractivity contribution in [2.45, 2.75) is 39.4 Å². The maximum Gasteiger partial charge on any atom is 0.434 e. The molecule has 1 atom stereocenters. The van der Waals surface area contributed by atoms with Crippen molar-refractivity contribution in [3.63, 3.8) is 0 Å². The molecule has 1 aliphatic rings. The quantitative estimate of drug-likeness (QED) is 0.933. The van der Waals surface area contributed by atoms with Gasteiger partial charge in [0.05, 0.1) is 0 Å². The van der Waals surface area contributed by atoms with E-state index in [0.29, 0.717) is 37.5 Å². The first-order valence-electron chi connectivity index (χ1n) is 7.72. The van der Waals surface area contributed by atoms with E-state index in [9.17, 15) is 18.0 Å². The van der Waals surface area contributed by atoms with Crippen molar-refractivity contribution in [1.82, 2.24) is 14.9 Å². The number of rotatable bonds is 3. The van der Waals surface area contributed by atoms with E-state index < -0.39 is 11.9 Å². The monoisotopic (exact) mass is 341 g/mol. The molecular weight excluding hydrogens is 323 g/mol. The summed E-state index contributed by atoms with van der Waals surface area (Å²) in [7, 11) is 0. The van der Waals surface area contributed by atoms with Gasteiger partial charge in [0.15, 0.2) is 11.5 Å². The standard InChI is InChI=1S/C16H18F3N3O2/c1-9-5-10(2)24-14(9)15(23)20-6-11-3-4-13-21-12(16(17,18)19)8-22(13)7-11/h5,8,11H,3-4,6-7H2,1-2H3,(H,20,23)/t11-/m0/s1. The largest absolute Gasteiger partial charge is 0.456 e. The fourth-order valence-corrected chi connectivity index (χ4v) is 3.00. The van der Waals surface area contributed by atoms with Crippen LogP contribution >= 0.6 is 0 Å². The fourth-order valence-electron chi connectivity index (χ4n) is 3.00. The van der Waals surface area contributed by atoms with Crippen molar-refractivity contribution in [3.05, 3.63) is 40.9 Å². The third-order valence-corrected chi connectivity index (χ3v) is 4.18. The second kappa shape index (κ2) is 5.99. The number of carbonyl (C=O) groups is 1. The first kappa shape index (κ1) is 16.6. The van der Waals surface area contributed by atoms with Gasteiger partial charge in [-0.15, -0.1) is 0 Å². The minimum absolute atomic E-state index is 0.0631. The highest BCUT2D eigenvalue weighted by Gasteiger charge is 2.35. The van der Waals surface area contributed by atoms with Crippen molar-refractivity contribution in [1.29, 1.82) is 0 Å². The number of nitrogens with one attached hydrogen (secondary N) is 1. The second-order valence-corrected chi connectivity index (χ2v) is 6.18. The summed E-state index contributed by atoms with van der Waals surface area (Å²) in [5, 5.41) is 2.80. The van der Waals surface area contributed by atoms with E-state index in [1.165, 1.54) is 4.57 Å². The molecule has 1 amide bonds. The molecule has 0 aromatic carbocycles. The molecule has 24 heavy (non-hydrogen) atoms. The number of carbonyl (C=O) groups excluding carboxylic acids is 1. The Kier molecular flexibility index (Phi) is 4.15. The molecule has 2 aromatic heterocycles. The average molecular weight is 341 g/mol. The van der Waals surface area contributed by atoms with Crippen LogP contribution < -0.4 is 5.32 Å². The molecule has 0 unspecified atom stereocenters. The summed E-state index contributed by atoms with van der Waals surface area (Å²) in [6.07, 6.45) is -2.23. The zero-order valence-electron chi connectivity index (χ0n) is 13.4. The molecule has 0 bridgehead atoms. The van der Waals surface area contributed by atoms with Gasteiger partial charge in [0.25, 0.3) is 5.91 Å². The van der Waals surface area contributed by atoms with Gasteiger partial charge in [-0.2, -0.15) is 13.2 Å². The van der Waals surface area contributed by atoms with Crippen LogP contribution in [-0.4, -0.2) is 22.0 Å². The summed E-state index contributed by atoms with van der Waals surface area (Å²) in [4.78, 5) is 15.8. The molecule has 130 valence electrons. The third-order valence-electron chi connectivity index (χ3n) is 4.18. The van der Waals surface area contributed by atoms with E-state index in [-0.39, 0.29) is 17.6 Å². The molecule has 2 aromatic rings. The van der Waals surface area contributed by atoms with E-state index in [4.69, 9.17) is 4.42 Å². The van der Waals surface area contributed by atoms with E-state index in [1.807, 2.05) is 0 Å². The van der Waals surface area contributed by atoms with Crippen molar-refractivity contribution < 1.29 is 22.4 Å². The van der Waals surface area contributed by atoms with Gasteiger partial charge in [-0.3, -0.25) is 4.79 Å².